The van der Waals surface area contributed by atoms with E-state index in [9.17, 15) is 9.59 Å². The summed E-state index contributed by atoms with van der Waals surface area (Å²) in [5, 5.41) is 15.9. The first-order valence-corrected chi connectivity index (χ1v) is 15.6. The first-order valence-electron chi connectivity index (χ1n) is 15.6. The molecule has 0 aromatic heterocycles. The third kappa shape index (κ3) is 10.7. The molecule has 45 heavy (non-hydrogen) atoms. The Hall–Kier alpha value is -3.76. The minimum atomic E-state index is -0.988. The van der Waals surface area contributed by atoms with Crippen LogP contribution in [0.3, 0.4) is 0 Å². The molecule has 0 unspecified atom stereocenters. The number of likely N-dealkylation sites (tertiary alicyclic amines) is 1. The number of aliphatic hydroxyl groups is 1. The number of ether oxygens (including phenoxy) is 3. The van der Waals surface area contributed by atoms with Crippen molar-refractivity contribution < 1.29 is 34.0 Å². The summed E-state index contributed by atoms with van der Waals surface area (Å²) >= 11 is 0. The van der Waals surface area contributed by atoms with Crippen LogP contribution in [0.4, 0.5) is 0 Å². The van der Waals surface area contributed by atoms with Gasteiger partial charge in [-0.15, -0.1) is 0 Å². The smallest absolute Gasteiger partial charge is 0.328 e. The van der Waals surface area contributed by atoms with Crippen molar-refractivity contribution in [3.8, 4) is 11.5 Å². The van der Waals surface area contributed by atoms with Crippen molar-refractivity contribution in [1.82, 2.24) is 4.90 Å². The number of aryl methyl sites for hydroxylation is 1. The molecule has 0 amide bonds. The van der Waals surface area contributed by atoms with Gasteiger partial charge < -0.3 is 30.2 Å². The highest BCUT2D eigenvalue weighted by Gasteiger charge is 2.32. The summed E-state index contributed by atoms with van der Waals surface area (Å²) in [5.41, 5.74) is 10.8. The second kappa shape index (κ2) is 18.9. The molecule has 9 nitrogen and oxygen atoms in total. The first kappa shape index (κ1) is 35.7. The maximum Gasteiger partial charge on any atom is 0.328 e. The highest BCUT2D eigenvalue weighted by Crippen LogP contribution is 2.47. The summed E-state index contributed by atoms with van der Waals surface area (Å²) in [7, 11) is 4.25. The third-order valence-corrected chi connectivity index (χ3v) is 8.11. The predicted octanol–water partition coefficient (Wildman–Crippen LogP) is 4.99. The Balaban J connectivity index is 0.00000104. The van der Waals surface area contributed by atoms with Gasteiger partial charge in [-0.1, -0.05) is 48.5 Å². The fourth-order valence-corrected chi connectivity index (χ4v) is 5.99. The zero-order valence-electron chi connectivity index (χ0n) is 26.7. The van der Waals surface area contributed by atoms with E-state index in [1.165, 1.54) is 42.6 Å². The minimum Gasteiger partial charge on any atom is -0.492 e. The Morgan fingerprint density at radius 1 is 0.933 bits per heavy atom. The lowest BCUT2D eigenvalue weighted by Crippen LogP contribution is -2.34. The number of methoxy groups -OCH3 is 1. The van der Waals surface area contributed by atoms with Gasteiger partial charge in [0.15, 0.2) is 0 Å². The molecule has 1 fully saturated rings. The van der Waals surface area contributed by atoms with Gasteiger partial charge in [-0.25, -0.2) is 4.79 Å². The quantitative estimate of drug-likeness (QED) is 0.200. The molecule has 4 N–H and O–H groups in total. The van der Waals surface area contributed by atoms with Gasteiger partial charge in [-0.3, -0.25) is 9.69 Å². The number of rotatable bonds is 11. The predicted molar refractivity (Wildman–Crippen MR) is 175 cm³/mol. The molecule has 1 heterocycles. The summed E-state index contributed by atoms with van der Waals surface area (Å²) < 4.78 is 15.9. The number of benzene rings is 3. The van der Waals surface area contributed by atoms with Crippen molar-refractivity contribution in [2.24, 2.45) is 5.73 Å². The lowest BCUT2D eigenvalue weighted by atomic mass is 9.69. The monoisotopic (exact) mass is 620 g/mol. The number of hydrogen-bond acceptors (Lipinski definition) is 8. The average Bonchev–Trinajstić information content (AvgIpc) is 3.59. The number of carbonyl (C=O) groups excluding carboxylic acids is 1. The molecule has 0 saturated carbocycles. The van der Waals surface area contributed by atoms with Gasteiger partial charge >= 0.3 is 11.9 Å². The number of carbonyl (C=O) groups is 2. The number of aliphatic hydroxyl groups excluding tert-OH is 1. The van der Waals surface area contributed by atoms with E-state index in [1.807, 2.05) is 18.2 Å². The molecule has 1 aliphatic heterocycles. The van der Waals surface area contributed by atoms with Crippen molar-refractivity contribution in [1.29, 1.82) is 0 Å². The molecule has 1 aliphatic carbocycles. The first-order chi connectivity index (χ1) is 21.9. The van der Waals surface area contributed by atoms with Crippen molar-refractivity contribution in [3.63, 3.8) is 0 Å². The Labute approximate surface area is 266 Å². The molecule has 244 valence electrons. The van der Waals surface area contributed by atoms with Crippen LogP contribution >= 0.6 is 0 Å². The molecule has 0 spiro atoms. The number of fused-ring (bicyclic) bond motifs is 1. The van der Waals surface area contributed by atoms with Crippen molar-refractivity contribution in [2.45, 2.75) is 56.4 Å². The Bertz CT molecular complexity index is 1310. The highest BCUT2D eigenvalue weighted by atomic mass is 16.5. The van der Waals surface area contributed by atoms with Crippen LogP contribution in [0.25, 0.3) is 0 Å². The van der Waals surface area contributed by atoms with Gasteiger partial charge in [0.25, 0.3) is 0 Å². The van der Waals surface area contributed by atoms with Crippen molar-refractivity contribution in [2.75, 3.05) is 47.6 Å². The van der Waals surface area contributed by atoms with Crippen LogP contribution in [0.15, 0.2) is 72.8 Å². The molecule has 9 heteroatoms. The van der Waals surface area contributed by atoms with Crippen molar-refractivity contribution >= 4 is 11.9 Å². The highest BCUT2D eigenvalue weighted by molar-refractivity contribution is 5.79. The second-order valence-electron chi connectivity index (χ2n) is 11.2. The molecule has 0 radical (unpaired) electrons. The number of nitrogens with zero attached hydrogens (tertiary/aromatic N) is 1. The lowest BCUT2D eigenvalue weighted by molar-refractivity contribution is -0.138. The molecule has 1 saturated heterocycles. The van der Waals surface area contributed by atoms with E-state index >= 15 is 0 Å². The van der Waals surface area contributed by atoms with Gasteiger partial charge in [-0.05, 0) is 97.6 Å². The SMILES string of the molecule is CO.COC.N[C@@H](CCC(=O)O)C(=O)Oc1ccc2c(c1)CC[C@H](c1ccccc1)[C@@H]2c1ccc(OCCN2CCCC2)cc1. The van der Waals surface area contributed by atoms with E-state index < -0.39 is 18.0 Å². The van der Waals surface area contributed by atoms with E-state index in [0.29, 0.717) is 18.3 Å². The second-order valence-corrected chi connectivity index (χ2v) is 11.2. The van der Waals surface area contributed by atoms with E-state index in [2.05, 4.69) is 64.2 Å². The summed E-state index contributed by atoms with van der Waals surface area (Å²) in [4.78, 5) is 25.7. The zero-order valence-corrected chi connectivity index (χ0v) is 26.7. The van der Waals surface area contributed by atoms with Crippen LogP contribution in [0.2, 0.25) is 0 Å². The number of hydrogen-bond donors (Lipinski definition) is 3. The van der Waals surface area contributed by atoms with Gasteiger partial charge in [0.2, 0.25) is 0 Å². The molecule has 3 aromatic rings. The minimum absolute atomic E-state index is 0.0396. The molecular weight excluding hydrogens is 572 g/mol. The summed E-state index contributed by atoms with van der Waals surface area (Å²) in [5.74, 6) is 0.180. The lowest BCUT2D eigenvalue weighted by Gasteiger charge is -2.35. The standard InChI is InChI=1S/C33H38N2O5.C2H6O.CH4O/c34-30(16-17-31(36)37)33(38)40-27-13-15-29-25(22-27)10-14-28(23-6-2-1-3-7-23)32(29)24-8-11-26(12-9-24)39-21-20-35-18-4-5-19-35;1-3-2;1-2/h1-3,6-9,11-13,15,22,28,30,32H,4-5,10,14,16-21,34H2,(H,36,37);1-2H3;2H,1H3/t28-,30+,32+;;/m1../s1. The van der Waals surface area contributed by atoms with E-state index in [-0.39, 0.29) is 18.8 Å². The zero-order chi connectivity index (χ0) is 32.6. The van der Waals surface area contributed by atoms with Gasteiger partial charge in [0, 0.05) is 40.2 Å². The Morgan fingerprint density at radius 2 is 1.58 bits per heavy atom. The van der Waals surface area contributed by atoms with Gasteiger partial charge in [0.1, 0.15) is 24.1 Å². The van der Waals surface area contributed by atoms with Crippen LogP contribution in [0.5, 0.6) is 11.5 Å². The van der Waals surface area contributed by atoms with Gasteiger partial charge in [-0.2, -0.15) is 0 Å². The number of esters is 1. The number of carboxylic acid groups (broad SMARTS) is 1. The summed E-state index contributed by atoms with van der Waals surface area (Å²) in [6.07, 6.45) is 4.25. The third-order valence-electron chi connectivity index (χ3n) is 8.11. The number of nitrogens with two attached hydrogens (primary N) is 1. The maximum absolute atomic E-state index is 12.4. The summed E-state index contributed by atoms with van der Waals surface area (Å²) in [6, 6.07) is 24.0. The molecule has 5 rings (SSSR count). The van der Waals surface area contributed by atoms with Gasteiger partial charge in [0.05, 0.1) is 0 Å². The molecule has 3 atom stereocenters. The van der Waals surface area contributed by atoms with Crippen LogP contribution in [0, 0.1) is 0 Å². The maximum atomic E-state index is 12.4. The molecular formula is C36H48N2O7. The Morgan fingerprint density at radius 3 is 2.22 bits per heavy atom. The number of aliphatic carboxylic acids is 1. The summed E-state index contributed by atoms with van der Waals surface area (Å²) in [6.45, 7) is 4.00. The Kier molecular flexibility index (Phi) is 15.0. The fourth-order valence-electron chi connectivity index (χ4n) is 5.99. The van der Waals surface area contributed by atoms with E-state index in [4.69, 9.17) is 25.4 Å². The van der Waals surface area contributed by atoms with Crippen LogP contribution in [-0.4, -0.2) is 80.7 Å². The van der Waals surface area contributed by atoms with E-state index in [1.54, 1.807) is 14.2 Å². The fraction of sp³-hybridized carbons (Fsp3) is 0.444. The molecule has 2 aliphatic rings. The van der Waals surface area contributed by atoms with Crippen molar-refractivity contribution in [3.05, 3.63) is 95.1 Å². The van der Waals surface area contributed by atoms with Crippen LogP contribution in [-0.2, 0) is 20.7 Å². The average molecular weight is 621 g/mol. The normalized spacial score (nSPS) is 17.9. The van der Waals surface area contributed by atoms with Crippen LogP contribution < -0.4 is 15.2 Å². The molecule has 3 aromatic carbocycles. The largest absolute Gasteiger partial charge is 0.492 e. The molecule has 0 bridgehead atoms. The van der Waals surface area contributed by atoms with E-state index in [0.717, 1.165) is 37.8 Å². The topological polar surface area (TPSA) is 132 Å². The van der Waals surface area contributed by atoms with Crippen LogP contribution in [0.1, 0.15) is 66.2 Å². The number of carboxylic acids is 1.